The van der Waals surface area contributed by atoms with Crippen LogP contribution >= 0.6 is 0 Å². The lowest BCUT2D eigenvalue weighted by atomic mass is 9.92. The molecular weight excluding hydrogens is 226 g/mol. The van der Waals surface area contributed by atoms with E-state index in [0.717, 1.165) is 6.54 Å². The highest BCUT2D eigenvalue weighted by molar-refractivity contribution is 7.91. The van der Waals surface area contributed by atoms with Crippen molar-refractivity contribution in [1.29, 1.82) is 0 Å². The SMILES string of the molecule is CC(C)C1(CNC2CS(=O)(=O)CC2O)CC1. The largest absolute Gasteiger partial charge is 0.390 e. The molecule has 1 saturated heterocycles. The first kappa shape index (κ1) is 12.3. The van der Waals surface area contributed by atoms with Crippen LogP contribution < -0.4 is 5.32 Å². The summed E-state index contributed by atoms with van der Waals surface area (Å²) < 4.78 is 22.7. The second-order valence-electron chi connectivity index (χ2n) is 5.65. The van der Waals surface area contributed by atoms with Crippen LogP contribution in [0.4, 0.5) is 0 Å². The molecule has 2 unspecified atom stereocenters. The van der Waals surface area contributed by atoms with Crippen molar-refractivity contribution in [2.24, 2.45) is 11.3 Å². The predicted octanol–water partition coefficient (Wildman–Crippen LogP) is 0.170. The minimum atomic E-state index is -3.02. The van der Waals surface area contributed by atoms with Gasteiger partial charge in [-0.1, -0.05) is 13.8 Å². The summed E-state index contributed by atoms with van der Waals surface area (Å²) in [6.45, 7) is 5.24. The second-order valence-corrected chi connectivity index (χ2v) is 7.80. The molecule has 0 aromatic carbocycles. The Balaban J connectivity index is 1.88. The molecule has 0 amide bonds. The van der Waals surface area contributed by atoms with Gasteiger partial charge in [0.25, 0.3) is 0 Å². The van der Waals surface area contributed by atoms with Gasteiger partial charge in [0.2, 0.25) is 0 Å². The Morgan fingerprint density at radius 3 is 2.38 bits per heavy atom. The molecule has 5 heteroatoms. The van der Waals surface area contributed by atoms with Crippen molar-refractivity contribution in [3.63, 3.8) is 0 Å². The molecule has 0 spiro atoms. The number of rotatable bonds is 4. The highest BCUT2D eigenvalue weighted by Crippen LogP contribution is 2.51. The molecule has 0 radical (unpaired) electrons. The summed E-state index contributed by atoms with van der Waals surface area (Å²) in [6, 6.07) is -0.263. The lowest BCUT2D eigenvalue weighted by Crippen LogP contribution is -2.42. The van der Waals surface area contributed by atoms with Crippen molar-refractivity contribution >= 4 is 9.84 Å². The number of sulfone groups is 1. The molecule has 1 heterocycles. The van der Waals surface area contributed by atoms with E-state index in [1.165, 1.54) is 12.8 Å². The fourth-order valence-electron chi connectivity index (χ4n) is 2.48. The van der Waals surface area contributed by atoms with E-state index < -0.39 is 15.9 Å². The number of nitrogens with one attached hydrogen (secondary N) is 1. The Bertz CT molecular complexity index is 359. The zero-order valence-corrected chi connectivity index (χ0v) is 10.8. The van der Waals surface area contributed by atoms with Gasteiger partial charge < -0.3 is 10.4 Å². The van der Waals surface area contributed by atoms with E-state index in [-0.39, 0.29) is 17.5 Å². The van der Waals surface area contributed by atoms with Crippen molar-refractivity contribution in [2.75, 3.05) is 18.1 Å². The van der Waals surface area contributed by atoms with Crippen LogP contribution in [0, 0.1) is 11.3 Å². The van der Waals surface area contributed by atoms with Crippen LogP contribution in [0.1, 0.15) is 26.7 Å². The van der Waals surface area contributed by atoms with Crippen LogP contribution in [-0.4, -0.2) is 43.7 Å². The molecule has 2 N–H and O–H groups in total. The van der Waals surface area contributed by atoms with E-state index >= 15 is 0 Å². The first-order valence-electron chi connectivity index (χ1n) is 5.96. The third kappa shape index (κ3) is 2.41. The number of aliphatic hydroxyl groups is 1. The average molecular weight is 247 g/mol. The fraction of sp³-hybridized carbons (Fsp3) is 1.00. The van der Waals surface area contributed by atoms with E-state index in [4.69, 9.17) is 0 Å². The molecule has 4 nitrogen and oxygen atoms in total. The summed E-state index contributed by atoms with van der Waals surface area (Å²) in [5, 5.41) is 12.9. The maximum Gasteiger partial charge on any atom is 0.154 e. The van der Waals surface area contributed by atoms with Crippen molar-refractivity contribution in [2.45, 2.75) is 38.8 Å². The van der Waals surface area contributed by atoms with Crippen molar-refractivity contribution < 1.29 is 13.5 Å². The Morgan fingerprint density at radius 2 is 2.00 bits per heavy atom. The van der Waals surface area contributed by atoms with Gasteiger partial charge in [-0.15, -0.1) is 0 Å². The van der Waals surface area contributed by atoms with Gasteiger partial charge in [0.1, 0.15) is 0 Å². The number of hydrogen-bond donors (Lipinski definition) is 2. The molecule has 16 heavy (non-hydrogen) atoms. The first-order valence-corrected chi connectivity index (χ1v) is 7.79. The maximum absolute atomic E-state index is 11.3. The number of aliphatic hydroxyl groups excluding tert-OH is 1. The molecule has 0 aromatic heterocycles. The highest BCUT2D eigenvalue weighted by atomic mass is 32.2. The van der Waals surface area contributed by atoms with E-state index in [1.807, 2.05) is 0 Å². The highest BCUT2D eigenvalue weighted by Gasteiger charge is 2.46. The minimum absolute atomic E-state index is 0.0840. The van der Waals surface area contributed by atoms with Gasteiger partial charge in [0, 0.05) is 12.6 Å². The lowest BCUT2D eigenvalue weighted by Gasteiger charge is -2.23. The van der Waals surface area contributed by atoms with Crippen molar-refractivity contribution in [1.82, 2.24) is 5.32 Å². The zero-order valence-electron chi connectivity index (χ0n) is 9.94. The van der Waals surface area contributed by atoms with E-state index in [9.17, 15) is 13.5 Å². The summed E-state index contributed by atoms with van der Waals surface area (Å²) in [6.07, 6.45) is 1.70. The third-order valence-electron chi connectivity index (χ3n) is 4.16. The summed E-state index contributed by atoms with van der Waals surface area (Å²) in [4.78, 5) is 0. The Hall–Kier alpha value is -0.130. The second kappa shape index (κ2) is 3.96. The maximum atomic E-state index is 11.3. The Morgan fingerprint density at radius 1 is 1.38 bits per heavy atom. The quantitative estimate of drug-likeness (QED) is 0.743. The fourth-order valence-corrected chi connectivity index (χ4v) is 4.25. The van der Waals surface area contributed by atoms with Gasteiger partial charge in [-0.25, -0.2) is 8.42 Å². The Kier molecular flexibility index (Phi) is 3.05. The van der Waals surface area contributed by atoms with Crippen molar-refractivity contribution in [3.8, 4) is 0 Å². The monoisotopic (exact) mass is 247 g/mol. The van der Waals surface area contributed by atoms with E-state index in [2.05, 4.69) is 19.2 Å². The molecule has 1 aliphatic carbocycles. The number of hydrogen-bond acceptors (Lipinski definition) is 4. The molecule has 0 aromatic rings. The van der Waals surface area contributed by atoms with E-state index in [0.29, 0.717) is 11.3 Å². The van der Waals surface area contributed by atoms with Gasteiger partial charge in [-0.2, -0.15) is 0 Å². The lowest BCUT2D eigenvalue weighted by molar-refractivity contribution is 0.158. The normalized spacial score (nSPS) is 35.5. The molecule has 2 atom stereocenters. The first-order chi connectivity index (χ1) is 7.35. The standard InChI is InChI=1S/C11H21NO3S/c1-8(2)11(3-4-11)7-12-9-5-16(14,15)6-10(9)13/h8-10,12-13H,3-7H2,1-2H3. The molecule has 1 aliphatic heterocycles. The average Bonchev–Trinajstić information content (AvgIpc) is 2.87. The molecule has 2 rings (SSSR count). The minimum Gasteiger partial charge on any atom is -0.390 e. The van der Waals surface area contributed by atoms with Crippen LogP contribution in [0.15, 0.2) is 0 Å². The van der Waals surface area contributed by atoms with Crippen LogP contribution in [-0.2, 0) is 9.84 Å². The predicted molar refractivity (Wildman–Crippen MR) is 63.0 cm³/mol. The van der Waals surface area contributed by atoms with Crippen LogP contribution in [0.2, 0.25) is 0 Å². The third-order valence-corrected chi connectivity index (χ3v) is 5.87. The van der Waals surface area contributed by atoms with Gasteiger partial charge in [0.05, 0.1) is 17.6 Å². The molecule has 2 fully saturated rings. The Labute approximate surface area is 97.3 Å². The zero-order chi connectivity index (χ0) is 12.0. The van der Waals surface area contributed by atoms with Gasteiger partial charge >= 0.3 is 0 Å². The van der Waals surface area contributed by atoms with E-state index in [1.54, 1.807) is 0 Å². The van der Waals surface area contributed by atoms with Gasteiger partial charge in [-0.05, 0) is 24.2 Å². The summed E-state index contributed by atoms with van der Waals surface area (Å²) >= 11 is 0. The molecule has 0 bridgehead atoms. The topological polar surface area (TPSA) is 66.4 Å². The van der Waals surface area contributed by atoms with Gasteiger partial charge in [0.15, 0.2) is 9.84 Å². The molecule has 2 aliphatic rings. The van der Waals surface area contributed by atoms with Gasteiger partial charge in [-0.3, -0.25) is 0 Å². The summed E-state index contributed by atoms with van der Waals surface area (Å²) in [7, 11) is -3.02. The van der Waals surface area contributed by atoms with Crippen molar-refractivity contribution in [3.05, 3.63) is 0 Å². The molecule has 1 saturated carbocycles. The molecular formula is C11H21NO3S. The van der Waals surface area contributed by atoms with Crippen LogP contribution in [0.3, 0.4) is 0 Å². The molecule has 94 valence electrons. The smallest absolute Gasteiger partial charge is 0.154 e. The summed E-state index contributed by atoms with van der Waals surface area (Å²) in [5.41, 5.74) is 0.353. The van der Waals surface area contributed by atoms with Crippen LogP contribution in [0.5, 0.6) is 0 Å². The van der Waals surface area contributed by atoms with Crippen LogP contribution in [0.25, 0.3) is 0 Å². The summed E-state index contributed by atoms with van der Waals surface area (Å²) in [5.74, 6) is 0.622.